The highest BCUT2D eigenvalue weighted by molar-refractivity contribution is 9.10. The van der Waals surface area contributed by atoms with Crippen molar-refractivity contribution in [3.8, 4) is 0 Å². The molecule has 0 saturated carbocycles. The number of hydrogen-bond acceptors (Lipinski definition) is 3. The second kappa shape index (κ2) is 5.97. The summed E-state index contributed by atoms with van der Waals surface area (Å²) in [7, 11) is -3.92. The van der Waals surface area contributed by atoms with E-state index in [0.717, 1.165) is 12.1 Å². The Morgan fingerprint density at radius 1 is 1.53 bits per heavy atom. The fraction of sp³-hybridized carbons (Fsp3) is 0.250. The molecule has 0 aliphatic heterocycles. The maximum Gasteiger partial charge on any atom is 0.243 e. The summed E-state index contributed by atoms with van der Waals surface area (Å²) in [6.07, 6.45) is 0. The molecular weight excluding hydrogens is 315 g/mol. The van der Waals surface area contributed by atoms with Gasteiger partial charge in [-0.1, -0.05) is 21.0 Å². The molecule has 0 unspecified atom stereocenters. The van der Waals surface area contributed by atoms with Gasteiger partial charge in [0.1, 0.15) is 10.7 Å². The van der Waals surface area contributed by atoms with Crippen LogP contribution in [0, 0.1) is 5.82 Å². The highest BCUT2D eigenvalue weighted by atomic mass is 79.9. The van der Waals surface area contributed by atoms with Crippen LogP contribution in [0.5, 0.6) is 0 Å². The third kappa shape index (κ3) is 3.97. The Kier molecular flexibility index (Phi) is 4.88. The molecule has 1 rings (SSSR count). The van der Waals surface area contributed by atoms with Gasteiger partial charge in [-0.05, 0) is 23.7 Å². The minimum Gasteiger partial charge on any atom is -0.211 e. The van der Waals surface area contributed by atoms with E-state index >= 15 is 0 Å². The number of azide groups is 1. The predicted molar refractivity (Wildman–Crippen MR) is 63.3 cm³/mol. The van der Waals surface area contributed by atoms with Gasteiger partial charge in [0.05, 0.1) is 0 Å². The number of sulfonamides is 1. The van der Waals surface area contributed by atoms with Crippen molar-refractivity contribution in [3.05, 3.63) is 38.9 Å². The van der Waals surface area contributed by atoms with Crippen LogP contribution in [0.15, 0.2) is 32.7 Å². The van der Waals surface area contributed by atoms with E-state index in [9.17, 15) is 12.8 Å². The second-order valence-corrected chi connectivity index (χ2v) is 5.58. The largest absolute Gasteiger partial charge is 0.243 e. The van der Waals surface area contributed by atoms with Gasteiger partial charge >= 0.3 is 0 Å². The average molecular weight is 323 g/mol. The molecule has 6 nitrogen and oxygen atoms in total. The van der Waals surface area contributed by atoms with Gasteiger partial charge in [-0.15, -0.1) is 0 Å². The molecule has 0 heterocycles. The summed E-state index contributed by atoms with van der Waals surface area (Å²) in [4.78, 5) is 2.02. The van der Waals surface area contributed by atoms with Gasteiger partial charge in [-0.3, -0.25) is 0 Å². The molecule has 0 bridgehead atoms. The van der Waals surface area contributed by atoms with Crippen molar-refractivity contribution in [2.24, 2.45) is 5.11 Å². The summed E-state index contributed by atoms with van der Waals surface area (Å²) in [6.45, 7) is -0.115. The Bertz CT molecular complexity index is 557. The molecule has 0 aliphatic carbocycles. The first-order valence-corrected chi connectivity index (χ1v) is 6.70. The SMILES string of the molecule is [N-]=[N+]=NCCNS(=O)(=O)c1ccc(Br)cc1F. The van der Waals surface area contributed by atoms with Crippen LogP contribution in [0.2, 0.25) is 0 Å². The first-order valence-electron chi connectivity index (χ1n) is 4.43. The third-order valence-electron chi connectivity index (χ3n) is 1.75. The lowest BCUT2D eigenvalue weighted by Gasteiger charge is -2.06. The summed E-state index contributed by atoms with van der Waals surface area (Å²) in [6, 6.07) is 3.63. The fourth-order valence-corrected chi connectivity index (χ4v) is 2.46. The first-order chi connectivity index (χ1) is 7.97. The van der Waals surface area contributed by atoms with Crippen molar-refractivity contribution in [2.75, 3.05) is 13.1 Å². The lowest BCUT2D eigenvalue weighted by atomic mass is 10.3. The standard InChI is InChI=1S/C8H8BrFN4O2S/c9-6-1-2-8(7(10)5-6)17(15,16)13-4-3-12-14-11/h1-2,5,13H,3-4H2. The number of nitrogens with one attached hydrogen (secondary N) is 1. The molecular formula is C8H8BrFN4O2S. The zero-order valence-electron chi connectivity index (χ0n) is 8.47. The van der Waals surface area contributed by atoms with E-state index in [2.05, 4.69) is 30.7 Å². The fourth-order valence-electron chi connectivity index (χ4n) is 1.05. The molecule has 1 aromatic rings. The van der Waals surface area contributed by atoms with Crippen molar-refractivity contribution in [1.82, 2.24) is 4.72 Å². The van der Waals surface area contributed by atoms with Crippen molar-refractivity contribution in [2.45, 2.75) is 4.90 Å². The van der Waals surface area contributed by atoms with Crippen molar-refractivity contribution < 1.29 is 12.8 Å². The average Bonchev–Trinajstić information content (AvgIpc) is 2.24. The van der Waals surface area contributed by atoms with Crippen molar-refractivity contribution in [1.29, 1.82) is 0 Å². The molecule has 0 aliphatic rings. The Morgan fingerprint density at radius 3 is 2.82 bits per heavy atom. The van der Waals surface area contributed by atoms with Crippen LogP contribution in [0.4, 0.5) is 4.39 Å². The summed E-state index contributed by atoms with van der Waals surface area (Å²) in [5.74, 6) is -0.851. The number of hydrogen-bond donors (Lipinski definition) is 1. The van der Waals surface area contributed by atoms with E-state index in [-0.39, 0.29) is 13.1 Å². The lowest BCUT2D eigenvalue weighted by Crippen LogP contribution is -2.27. The molecule has 1 aromatic carbocycles. The third-order valence-corrected chi connectivity index (χ3v) is 3.74. The number of rotatable bonds is 5. The van der Waals surface area contributed by atoms with Crippen LogP contribution in [0.1, 0.15) is 0 Å². The minimum atomic E-state index is -3.92. The normalized spacial score (nSPS) is 10.9. The summed E-state index contributed by atoms with van der Waals surface area (Å²) >= 11 is 3.03. The van der Waals surface area contributed by atoms with Gasteiger partial charge < -0.3 is 0 Å². The smallest absolute Gasteiger partial charge is 0.211 e. The zero-order valence-corrected chi connectivity index (χ0v) is 10.9. The highest BCUT2D eigenvalue weighted by Gasteiger charge is 2.18. The lowest BCUT2D eigenvalue weighted by molar-refractivity contribution is 0.557. The van der Waals surface area contributed by atoms with Crippen LogP contribution < -0.4 is 4.72 Å². The Balaban J connectivity index is 2.86. The van der Waals surface area contributed by atoms with Crippen LogP contribution in [0.25, 0.3) is 10.4 Å². The highest BCUT2D eigenvalue weighted by Crippen LogP contribution is 2.18. The van der Waals surface area contributed by atoms with E-state index in [1.807, 2.05) is 0 Å². The molecule has 0 saturated heterocycles. The van der Waals surface area contributed by atoms with Crippen LogP contribution in [-0.4, -0.2) is 21.5 Å². The molecule has 0 atom stereocenters. The number of benzene rings is 1. The Hall–Kier alpha value is -1.15. The predicted octanol–water partition coefficient (Wildman–Crippen LogP) is 2.18. The Labute approximate surface area is 106 Å². The zero-order chi connectivity index (χ0) is 12.9. The van der Waals surface area contributed by atoms with E-state index in [1.165, 1.54) is 6.07 Å². The van der Waals surface area contributed by atoms with Gasteiger partial charge in [0.25, 0.3) is 0 Å². The molecule has 9 heteroatoms. The van der Waals surface area contributed by atoms with Gasteiger partial charge in [-0.25, -0.2) is 17.5 Å². The van der Waals surface area contributed by atoms with Crippen molar-refractivity contribution >= 4 is 26.0 Å². The van der Waals surface area contributed by atoms with Crippen molar-refractivity contribution in [3.63, 3.8) is 0 Å². The van der Waals surface area contributed by atoms with Gasteiger partial charge in [0.2, 0.25) is 10.0 Å². The summed E-state index contributed by atoms with van der Waals surface area (Å²) < 4.78 is 39.2. The molecule has 1 N–H and O–H groups in total. The van der Waals surface area contributed by atoms with E-state index < -0.39 is 20.7 Å². The minimum absolute atomic E-state index is 0.0339. The van der Waals surface area contributed by atoms with Gasteiger partial charge in [0.15, 0.2) is 0 Å². The van der Waals surface area contributed by atoms with Crippen LogP contribution >= 0.6 is 15.9 Å². The summed E-state index contributed by atoms with van der Waals surface area (Å²) in [5, 5.41) is 3.16. The molecule has 0 radical (unpaired) electrons. The maximum atomic E-state index is 13.4. The number of nitrogens with zero attached hydrogens (tertiary/aromatic N) is 3. The molecule has 0 fully saturated rings. The first kappa shape index (κ1) is 13.9. The second-order valence-electron chi connectivity index (χ2n) is 2.93. The van der Waals surface area contributed by atoms with E-state index in [0.29, 0.717) is 4.47 Å². The molecule has 17 heavy (non-hydrogen) atoms. The van der Waals surface area contributed by atoms with E-state index in [1.54, 1.807) is 0 Å². The van der Waals surface area contributed by atoms with Crippen LogP contribution in [-0.2, 0) is 10.0 Å². The topological polar surface area (TPSA) is 94.9 Å². The van der Waals surface area contributed by atoms with Crippen LogP contribution in [0.3, 0.4) is 0 Å². The van der Waals surface area contributed by atoms with Gasteiger partial charge in [-0.2, -0.15) is 0 Å². The quantitative estimate of drug-likeness (QED) is 0.389. The van der Waals surface area contributed by atoms with E-state index in [4.69, 9.17) is 5.53 Å². The monoisotopic (exact) mass is 322 g/mol. The Morgan fingerprint density at radius 2 is 2.24 bits per heavy atom. The maximum absolute atomic E-state index is 13.4. The van der Waals surface area contributed by atoms with Gasteiger partial charge in [0, 0.05) is 22.5 Å². The summed E-state index contributed by atoms with van der Waals surface area (Å²) in [5.41, 5.74) is 8.00. The molecule has 0 spiro atoms. The molecule has 92 valence electrons. The molecule has 0 amide bonds. The number of halogens is 2. The molecule has 0 aromatic heterocycles.